The van der Waals surface area contributed by atoms with E-state index in [-0.39, 0.29) is 50.5 Å². The number of nitrogens with two attached hydrogens (primary N) is 1. The van der Waals surface area contributed by atoms with Gasteiger partial charge in [-0.1, -0.05) is 76.0 Å². The summed E-state index contributed by atoms with van der Waals surface area (Å²) in [7, 11) is 0. The van der Waals surface area contributed by atoms with Gasteiger partial charge in [0.1, 0.15) is 19.3 Å². The normalized spacial score (nSPS) is 16.4. The number of hydrogen-bond acceptors (Lipinski definition) is 9. The minimum atomic E-state index is -1.27. The van der Waals surface area contributed by atoms with Gasteiger partial charge < -0.3 is 41.5 Å². The average molecular weight is 729 g/mol. The van der Waals surface area contributed by atoms with Crippen LogP contribution in [0.4, 0.5) is 10.5 Å². The van der Waals surface area contributed by atoms with Crippen molar-refractivity contribution in [2.75, 3.05) is 18.2 Å². The van der Waals surface area contributed by atoms with Crippen molar-refractivity contribution >= 4 is 41.1 Å². The molecule has 0 fully saturated rings. The van der Waals surface area contributed by atoms with E-state index >= 15 is 0 Å². The number of nitrogens with one attached hydrogen (secondary N) is 3. The molecule has 51 heavy (non-hydrogen) atoms. The van der Waals surface area contributed by atoms with E-state index in [0.717, 1.165) is 12.0 Å². The van der Waals surface area contributed by atoms with Crippen molar-refractivity contribution in [3.8, 4) is 0 Å². The van der Waals surface area contributed by atoms with E-state index in [9.17, 15) is 29.4 Å². The number of carbonyl (C=O) groups excluding carboxylic acids is 4. The van der Waals surface area contributed by atoms with Crippen LogP contribution in [0.15, 0.2) is 66.5 Å². The van der Waals surface area contributed by atoms with E-state index in [0.29, 0.717) is 22.8 Å². The minimum absolute atomic E-state index is 0.0207. The third-order valence-corrected chi connectivity index (χ3v) is 9.03. The summed E-state index contributed by atoms with van der Waals surface area (Å²) in [5, 5.41) is 29.9. The molecular formula is C37H53ClN6O7. The summed E-state index contributed by atoms with van der Waals surface area (Å²) < 4.78 is 5.45. The number of halogens is 1. The Morgan fingerprint density at radius 3 is 2.22 bits per heavy atom. The lowest BCUT2D eigenvalue weighted by Crippen LogP contribution is -2.54. The molecule has 2 aromatic rings. The summed E-state index contributed by atoms with van der Waals surface area (Å²) in [5.41, 5.74) is 7.88. The number of aliphatic hydroxyl groups excluding tert-OH is 2. The number of ether oxygens (including phenoxy) is 1. The molecule has 1 aliphatic heterocycles. The second-order valence-corrected chi connectivity index (χ2v) is 13.9. The smallest absolute Gasteiger partial charge is 0.408 e. The summed E-state index contributed by atoms with van der Waals surface area (Å²) >= 11 is 6.14. The Morgan fingerprint density at radius 2 is 1.63 bits per heavy atom. The molecule has 1 aliphatic rings. The van der Waals surface area contributed by atoms with Crippen molar-refractivity contribution in [3.63, 3.8) is 0 Å². The van der Waals surface area contributed by atoms with Gasteiger partial charge in [-0.05, 0) is 55.0 Å². The van der Waals surface area contributed by atoms with Crippen LogP contribution in [-0.2, 0) is 25.7 Å². The summed E-state index contributed by atoms with van der Waals surface area (Å²) in [4.78, 5) is 56.4. The maximum Gasteiger partial charge on any atom is 0.408 e. The highest BCUT2D eigenvalue weighted by molar-refractivity contribution is 6.30. The Bertz CT molecular complexity index is 1470. The molecule has 0 aliphatic carbocycles. The first kappa shape index (κ1) is 41.3. The molecule has 0 saturated carbocycles. The predicted octanol–water partition coefficient (Wildman–Crippen LogP) is 3.62. The molecule has 4 amide bonds. The quantitative estimate of drug-likeness (QED) is 0.133. The molecule has 1 heterocycles. The van der Waals surface area contributed by atoms with Gasteiger partial charge in [-0.2, -0.15) is 0 Å². The molecule has 0 unspecified atom stereocenters. The van der Waals surface area contributed by atoms with Gasteiger partial charge in [-0.3, -0.25) is 19.3 Å². The molecule has 6 atom stereocenters. The van der Waals surface area contributed by atoms with Crippen molar-refractivity contribution < 1.29 is 34.1 Å². The average Bonchev–Trinajstić information content (AvgIpc) is 3.52. The van der Waals surface area contributed by atoms with Gasteiger partial charge in [0.05, 0.1) is 37.3 Å². The number of amides is 4. The number of benzene rings is 2. The number of anilines is 1. The van der Waals surface area contributed by atoms with Crippen LogP contribution in [0.2, 0.25) is 5.02 Å². The predicted molar refractivity (Wildman–Crippen MR) is 196 cm³/mol. The standard InChI is InChI=1S/C37H53ClN6O7/c1-6-24(4)32(20-45)40-34(47)18-33(46)30(16-23(2)3)41-35(48)31(42-37(50)51-21-26-10-8-7-9-11-26)17-29-19-43(36(49)25(5)39)22-44(29)28-14-12-27(38)13-15-28/h7-15,19,23-25,30-33,45-46H,6,16-18,20-22,39H2,1-5H3,(H,40,47)(H,41,48)(H,42,50)/t24-,25-,30-,31-,32+,33-/m0/s1. The molecule has 0 aromatic heterocycles. The molecule has 280 valence electrons. The van der Waals surface area contributed by atoms with Crippen LogP contribution in [0.25, 0.3) is 0 Å². The van der Waals surface area contributed by atoms with Gasteiger partial charge in [-0.25, -0.2) is 4.79 Å². The molecule has 0 saturated heterocycles. The Hall–Kier alpha value is -4.17. The van der Waals surface area contributed by atoms with Crippen LogP contribution in [0.1, 0.15) is 65.9 Å². The van der Waals surface area contributed by atoms with E-state index < -0.39 is 48.2 Å². The number of nitrogens with zero attached hydrogens (tertiary/aromatic N) is 2. The molecule has 14 heteroatoms. The monoisotopic (exact) mass is 728 g/mol. The first-order valence-electron chi connectivity index (χ1n) is 17.4. The zero-order valence-electron chi connectivity index (χ0n) is 30.1. The van der Waals surface area contributed by atoms with Gasteiger partial charge >= 0.3 is 6.09 Å². The van der Waals surface area contributed by atoms with E-state index in [2.05, 4.69) is 16.0 Å². The molecule has 0 radical (unpaired) electrons. The first-order chi connectivity index (χ1) is 24.2. The molecule has 0 bridgehead atoms. The maximum absolute atomic E-state index is 14.1. The van der Waals surface area contributed by atoms with E-state index in [4.69, 9.17) is 22.1 Å². The topological polar surface area (TPSA) is 187 Å². The summed E-state index contributed by atoms with van der Waals surface area (Å²) in [6.45, 7) is 9.12. The second kappa shape index (κ2) is 20.0. The molecule has 0 spiro atoms. The minimum Gasteiger partial charge on any atom is -0.445 e. The molecule has 7 N–H and O–H groups in total. The summed E-state index contributed by atoms with van der Waals surface area (Å²) in [6, 6.07) is 12.7. The van der Waals surface area contributed by atoms with Crippen molar-refractivity contribution in [2.45, 2.75) is 97.2 Å². The van der Waals surface area contributed by atoms with E-state index in [1.165, 1.54) is 4.90 Å². The van der Waals surface area contributed by atoms with Gasteiger partial charge in [0.25, 0.3) is 0 Å². The van der Waals surface area contributed by atoms with Crippen molar-refractivity contribution in [2.24, 2.45) is 17.6 Å². The first-order valence-corrected chi connectivity index (χ1v) is 17.8. The van der Waals surface area contributed by atoms with E-state index in [1.54, 1.807) is 49.5 Å². The molecule has 2 aromatic carbocycles. The fourth-order valence-corrected chi connectivity index (χ4v) is 5.76. The van der Waals surface area contributed by atoms with Gasteiger partial charge in [-0.15, -0.1) is 0 Å². The SMILES string of the molecule is CC[C@H](C)[C@@H](CO)NC(=O)C[C@H](O)[C@H](CC(C)C)NC(=O)[C@H](CC1=CN(C(=O)[C@H](C)N)CN1c1ccc(Cl)cc1)NC(=O)OCc1ccccc1. The highest BCUT2D eigenvalue weighted by Gasteiger charge is 2.34. The fraction of sp³-hybridized carbons (Fsp3) is 0.514. The summed E-state index contributed by atoms with van der Waals surface area (Å²) in [6.07, 6.45) is 0.161. The van der Waals surface area contributed by atoms with Crippen molar-refractivity contribution in [1.29, 1.82) is 0 Å². The zero-order valence-corrected chi connectivity index (χ0v) is 30.8. The van der Waals surface area contributed by atoms with Crippen LogP contribution in [0.5, 0.6) is 0 Å². The number of aliphatic hydroxyl groups is 2. The van der Waals surface area contributed by atoms with Crippen LogP contribution < -0.4 is 26.6 Å². The largest absolute Gasteiger partial charge is 0.445 e. The van der Waals surface area contributed by atoms with Crippen LogP contribution in [-0.4, -0.2) is 82.5 Å². The lowest BCUT2D eigenvalue weighted by Gasteiger charge is -2.30. The van der Waals surface area contributed by atoms with E-state index in [1.807, 2.05) is 50.8 Å². The Morgan fingerprint density at radius 1 is 0.961 bits per heavy atom. The third kappa shape index (κ3) is 12.8. The van der Waals surface area contributed by atoms with Gasteiger partial charge in [0, 0.05) is 29.0 Å². The number of alkyl carbamates (subject to hydrolysis) is 1. The van der Waals surface area contributed by atoms with Crippen LogP contribution in [0, 0.1) is 11.8 Å². The number of hydrogen-bond donors (Lipinski definition) is 6. The summed E-state index contributed by atoms with van der Waals surface area (Å²) in [5.74, 6) is -1.38. The van der Waals surface area contributed by atoms with Gasteiger partial charge in [0.2, 0.25) is 17.7 Å². The highest BCUT2D eigenvalue weighted by atomic mass is 35.5. The Labute approximate surface area is 305 Å². The zero-order chi connectivity index (χ0) is 37.7. The van der Waals surface area contributed by atoms with Crippen LogP contribution in [0.3, 0.4) is 0 Å². The fourth-order valence-electron chi connectivity index (χ4n) is 5.64. The van der Waals surface area contributed by atoms with Gasteiger partial charge in [0.15, 0.2) is 0 Å². The lowest BCUT2D eigenvalue weighted by molar-refractivity contribution is -0.129. The van der Waals surface area contributed by atoms with Crippen molar-refractivity contribution in [1.82, 2.24) is 20.9 Å². The number of rotatable bonds is 18. The Kier molecular flexibility index (Phi) is 16.2. The highest BCUT2D eigenvalue weighted by Crippen LogP contribution is 2.29. The molecule has 13 nitrogen and oxygen atoms in total. The lowest BCUT2D eigenvalue weighted by atomic mass is 9.95. The molecule has 3 rings (SSSR count). The Balaban J connectivity index is 1.89. The number of carbonyl (C=O) groups is 4. The maximum atomic E-state index is 14.1. The third-order valence-electron chi connectivity index (χ3n) is 8.78. The second-order valence-electron chi connectivity index (χ2n) is 13.5. The molecular weight excluding hydrogens is 676 g/mol. The van der Waals surface area contributed by atoms with Crippen LogP contribution >= 0.6 is 11.6 Å². The van der Waals surface area contributed by atoms with Crippen molar-refractivity contribution in [3.05, 3.63) is 77.1 Å².